The number of hydrogen-bond donors (Lipinski definition) is 1. The minimum absolute atomic E-state index is 0.0187. The van der Waals surface area contributed by atoms with Crippen molar-refractivity contribution in [1.82, 2.24) is 10.2 Å². The lowest BCUT2D eigenvalue weighted by molar-refractivity contribution is -0.128. The summed E-state index contributed by atoms with van der Waals surface area (Å²) in [5, 5.41) is 3.45. The van der Waals surface area contributed by atoms with Crippen LogP contribution in [-0.2, 0) is 11.2 Å². The highest BCUT2D eigenvalue weighted by Crippen LogP contribution is 2.18. The summed E-state index contributed by atoms with van der Waals surface area (Å²) in [4.78, 5) is 13.7. The van der Waals surface area contributed by atoms with Gasteiger partial charge in [-0.1, -0.05) is 37.6 Å². The zero-order valence-corrected chi connectivity index (χ0v) is 12.9. The van der Waals surface area contributed by atoms with E-state index in [9.17, 15) is 4.79 Å². The van der Waals surface area contributed by atoms with Gasteiger partial charge < -0.3 is 4.90 Å². The van der Waals surface area contributed by atoms with Crippen molar-refractivity contribution in [2.45, 2.75) is 51.6 Å². The first-order chi connectivity index (χ1) is 9.61. The lowest BCUT2D eigenvalue weighted by atomic mass is 10.0. The zero-order chi connectivity index (χ0) is 14.5. The van der Waals surface area contributed by atoms with E-state index in [2.05, 4.69) is 43.4 Å². The van der Waals surface area contributed by atoms with Crippen LogP contribution >= 0.6 is 0 Å². The predicted octanol–water partition coefficient (Wildman–Crippen LogP) is 2.91. The van der Waals surface area contributed by atoms with E-state index in [4.69, 9.17) is 0 Å². The van der Waals surface area contributed by atoms with Crippen molar-refractivity contribution in [3.63, 3.8) is 0 Å². The number of nitrogens with one attached hydrogen (secondary N) is 1. The molecule has 3 heteroatoms. The third-order valence-corrected chi connectivity index (χ3v) is 4.18. The van der Waals surface area contributed by atoms with Gasteiger partial charge in [0, 0.05) is 19.6 Å². The first kappa shape index (κ1) is 15.0. The van der Waals surface area contributed by atoms with Gasteiger partial charge in [-0.2, -0.15) is 0 Å². The van der Waals surface area contributed by atoms with Crippen LogP contribution in [0.15, 0.2) is 24.3 Å². The number of likely N-dealkylation sites (tertiary alicyclic amines) is 1. The van der Waals surface area contributed by atoms with Crippen molar-refractivity contribution in [3.8, 4) is 0 Å². The molecule has 0 saturated carbocycles. The number of hydrogen-bond acceptors (Lipinski definition) is 2. The van der Waals surface area contributed by atoms with E-state index in [1.54, 1.807) is 4.90 Å². The molecule has 2 rings (SSSR count). The molecule has 3 nitrogen and oxygen atoms in total. The standard InChI is InChI=1S/C17H26N2O/c1-4-5-6-14-7-9-15(10-8-14)13(2)18-16-11-12-19(3)17(16)20/h7-10,13,16,18H,4-6,11-12H2,1-3H3. The highest BCUT2D eigenvalue weighted by Gasteiger charge is 2.29. The number of aryl methyl sites for hydroxylation is 1. The second kappa shape index (κ2) is 6.89. The number of amides is 1. The van der Waals surface area contributed by atoms with E-state index < -0.39 is 0 Å². The van der Waals surface area contributed by atoms with Gasteiger partial charge >= 0.3 is 0 Å². The van der Waals surface area contributed by atoms with Gasteiger partial charge in [0.05, 0.1) is 6.04 Å². The van der Waals surface area contributed by atoms with Crippen molar-refractivity contribution in [2.24, 2.45) is 0 Å². The zero-order valence-electron chi connectivity index (χ0n) is 12.9. The highest BCUT2D eigenvalue weighted by atomic mass is 16.2. The van der Waals surface area contributed by atoms with Crippen LogP contribution in [0, 0.1) is 0 Å². The molecule has 0 radical (unpaired) electrons. The van der Waals surface area contributed by atoms with Crippen LogP contribution in [0.4, 0.5) is 0 Å². The summed E-state index contributed by atoms with van der Waals surface area (Å²) in [5.41, 5.74) is 2.66. The van der Waals surface area contributed by atoms with E-state index >= 15 is 0 Å². The summed E-state index contributed by atoms with van der Waals surface area (Å²) in [7, 11) is 1.87. The van der Waals surface area contributed by atoms with Crippen molar-refractivity contribution < 1.29 is 4.79 Å². The third-order valence-electron chi connectivity index (χ3n) is 4.18. The molecule has 2 atom stereocenters. The fourth-order valence-corrected chi connectivity index (χ4v) is 2.73. The van der Waals surface area contributed by atoms with Crippen LogP contribution in [0.3, 0.4) is 0 Å². The Morgan fingerprint density at radius 3 is 2.60 bits per heavy atom. The number of carbonyl (C=O) groups excluding carboxylic acids is 1. The molecule has 1 aromatic rings. The van der Waals surface area contributed by atoms with Gasteiger partial charge in [0.2, 0.25) is 5.91 Å². The monoisotopic (exact) mass is 274 g/mol. The Labute approximate surface area is 122 Å². The largest absolute Gasteiger partial charge is 0.344 e. The van der Waals surface area contributed by atoms with Gasteiger partial charge in [-0.3, -0.25) is 10.1 Å². The summed E-state index contributed by atoms with van der Waals surface area (Å²) in [6, 6.07) is 9.00. The summed E-state index contributed by atoms with van der Waals surface area (Å²) >= 11 is 0. The lowest BCUT2D eigenvalue weighted by Gasteiger charge is -2.19. The molecule has 1 aromatic carbocycles. The maximum Gasteiger partial charge on any atom is 0.239 e. The Morgan fingerprint density at radius 1 is 1.35 bits per heavy atom. The minimum atomic E-state index is -0.0187. The molecule has 1 aliphatic rings. The molecule has 1 aliphatic heterocycles. The van der Waals surface area contributed by atoms with Gasteiger partial charge in [-0.05, 0) is 37.3 Å². The van der Waals surface area contributed by atoms with Gasteiger partial charge in [-0.25, -0.2) is 0 Å². The maximum absolute atomic E-state index is 11.9. The Hall–Kier alpha value is -1.35. The molecular weight excluding hydrogens is 248 g/mol. The Bertz CT molecular complexity index is 441. The fraction of sp³-hybridized carbons (Fsp3) is 0.588. The SMILES string of the molecule is CCCCc1ccc(C(C)NC2CCN(C)C2=O)cc1. The van der Waals surface area contributed by atoms with E-state index in [0.29, 0.717) is 0 Å². The first-order valence-electron chi connectivity index (χ1n) is 7.71. The van der Waals surface area contributed by atoms with E-state index in [-0.39, 0.29) is 18.0 Å². The molecule has 0 bridgehead atoms. The van der Waals surface area contributed by atoms with Crippen molar-refractivity contribution in [1.29, 1.82) is 0 Å². The van der Waals surface area contributed by atoms with Crippen LogP contribution in [-0.4, -0.2) is 30.4 Å². The van der Waals surface area contributed by atoms with Crippen LogP contribution < -0.4 is 5.32 Å². The quantitative estimate of drug-likeness (QED) is 0.865. The molecular formula is C17H26N2O. The molecule has 1 saturated heterocycles. The molecule has 1 fully saturated rings. The molecule has 20 heavy (non-hydrogen) atoms. The summed E-state index contributed by atoms with van der Waals surface area (Å²) in [5.74, 6) is 0.219. The second-order valence-electron chi connectivity index (χ2n) is 5.83. The number of rotatable bonds is 6. The lowest BCUT2D eigenvalue weighted by Crippen LogP contribution is -2.38. The van der Waals surface area contributed by atoms with Crippen molar-refractivity contribution in [3.05, 3.63) is 35.4 Å². The van der Waals surface area contributed by atoms with Gasteiger partial charge in [-0.15, -0.1) is 0 Å². The van der Waals surface area contributed by atoms with Crippen LogP contribution in [0.1, 0.15) is 50.3 Å². The van der Waals surface area contributed by atoms with Gasteiger partial charge in [0.15, 0.2) is 0 Å². The van der Waals surface area contributed by atoms with Crippen molar-refractivity contribution >= 4 is 5.91 Å². The fourth-order valence-electron chi connectivity index (χ4n) is 2.73. The molecule has 110 valence electrons. The Morgan fingerprint density at radius 2 is 2.05 bits per heavy atom. The molecule has 1 heterocycles. The molecule has 0 spiro atoms. The van der Waals surface area contributed by atoms with E-state index in [1.165, 1.54) is 24.0 Å². The Balaban J connectivity index is 1.92. The summed E-state index contributed by atoms with van der Waals surface area (Å²) in [6.07, 6.45) is 4.55. The highest BCUT2D eigenvalue weighted by molar-refractivity contribution is 5.83. The molecule has 0 aliphatic carbocycles. The van der Waals surface area contributed by atoms with Gasteiger partial charge in [0.25, 0.3) is 0 Å². The predicted molar refractivity (Wildman–Crippen MR) is 82.6 cm³/mol. The van der Waals surface area contributed by atoms with E-state index in [0.717, 1.165) is 19.4 Å². The maximum atomic E-state index is 11.9. The molecule has 1 N–H and O–H groups in total. The van der Waals surface area contributed by atoms with Crippen LogP contribution in [0.25, 0.3) is 0 Å². The number of likely N-dealkylation sites (N-methyl/N-ethyl adjacent to an activating group) is 1. The average molecular weight is 274 g/mol. The van der Waals surface area contributed by atoms with Crippen LogP contribution in [0.2, 0.25) is 0 Å². The van der Waals surface area contributed by atoms with Crippen LogP contribution in [0.5, 0.6) is 0 Å². The minimum Gasteiger partial charge on any atom is -0.344 e. The second-order valence-corrected chi connectivity index (χ2v) is 5.83. The van der Waals surface area contributed by atoms with Gasteiger partial charge in [0.1, 0.15) is 0 Å². The number of nitrogens with zero attached hydrogens (tertiary/aromatic N) is 1. The van der Waals surface area contributed by atoms with Crippen molar-refractivity contribution in [2.75, 3.05) is 13.6 Å². The molecule has 0 aromatic heterocycles. The number of carbonyl (C=O) groups is 1. The Kier molecular flexibility index (Phi) is 5.18. The number of benzene rings is 1. The normalized spacial score (nSPS) is 20.4. The summed E-state index contributed by atoms with van der Waals surface area (Å²) < 4.78 is 0. The molecule has 2 unspecified atom stereocenters. The number of unbranched alkanes of at least 4 members (excludes halogenated alkanes) is 1. The first-order valence-corrected chi connectivity index (χ1v) is 7.71. The molecule has 1 amide bonds. The average Bonchev–Trinajstić information content (AvgIpc) is 2.77. The third kappa shape index (κ3) is 3.60. The summed E-state index contributed by atoms with van der Waals surface area (Å²) in [6.45, 7) is 5.21. The van der Waals surface area contributed by atoms with E-state index in [1.807, 2.05) is 7.05 Å². The topological polar surface area (TPSA) is 32.3 Å². The smallest absolute Gasteiger partial charge is 0.239 e.